The zero-order valence-electron chi connectivity index (χ0n) is 12.7. The van der Waals surface area contributed by atoms with E-state index in [0.29, 0.717) is 18.8 Å². The van der Waals surface area contributed by atoms with Crippen LogP contribution in [0, 0.1) is 0 Å². The van der Waals surface area contributed by atoms with Gasteiger partial charge in [0.2, 0.25) is 0 Å². The molecule has 7 nitrogen and oxygen atoms in total. The third-order valence-corrected chi connectivity index (χ3v) is 3.84. The Labute approximate surface area is 124 Å². The molecule has 4 N–H and O–H groups in total. The predicted molar refractivity (Wildman–Crippen MR) is 84.8 cm³/mol. The lowest BCUT2D eigenvalue weighted by Gasteiger charge is -2.16. The maximum Gasteiger partial charge on any atom is 0.330 e. The smallest absolute Gasteiger partial charge is 0.330 e. The molecule has 0 spiro atoms. The van der Waals surface area contributed by atoms with Gasteiger partial charge in [0, 0.05) is 13.1 Å². The van der Waals surface area contributed by atoms with Crippen molar-refractivity contribution < 1.29 is 0 Å². The predicted octanol–water partition coefficient (Wildman–Crippen LogP) is 0.427. The number of nitrogens with one attached hydrogen (secondary N) is 2. The van der Waals surface area contributed by atoms with Gasteiger partial charge in [-0.1, -0.05) is 6.92 Å². The Morgan fingerprint density at radius 1 is 1.24 bits per heavy atom. The highest BCUT2D eigenvalue weighted by Gasteiger charge is 2.13. The molecule has 0 aromatic carbocycles. The largest absolute Gasteiger partial charge is 0.383 e. The maximum absolute atomic E-state index is 11.8. The van der Waals surface area contributed by atoms with Crippen LogP contribution in [0.25, 0.3) is 0 Å². The fraction of sp³-hybridized carbons (Fsp3) is 0.714. The summed E-state index contributed by atoms with van der Waals surface area (Å²) in [7, 11) is 0. The standard InChI is InChI=1S/C14H25N5O2/c1-2-7-19-12(15)11(13(20)17-14(19)21)16-6-5-10-18-8-3-4-9-18/h16H,2-10,15H2,1H3,(H,17,20,21). The van der Waals surface area contributed by atoms with Crippen molar-refractivity contribution >= 4 is 11.5 Å². The molecule has 7 heteroatoms. The van der Waals surface area contributed by atoms with Crippen LogP contribution in [0.4, 0.5) is 11.5 Å². The molecule has 118 valence electrons. The van der Waals surface area contributed by atoms with E-state index in [1.54, 1.807) is 0 Å². The van der Waals surface area contributed by atoms with E-state index in [4.69, 9.17) is 5.73 Å². The normalized spacial score (nSPS) is 15.5. The molecule has 0 aliphatic carbocycles. The Kier molecular flexibility index (Phi) is 5.44. The van der Waals surface area contributed by atoms with Crippen LogP contribution in [0.1, 0.15) is 32.6 Å². The quantitative estimate of drug-likeness (QED) is 0.634. The number of aromatic nitrogens is 2. The number of nitrogen functional groups attached to an aromatic ring is 1. The Morgan fingerprint density at radius 2 is 1.95 bits per heavy atom. The van der Waals surface area contributed by atoms with E-state index in [1.807, 2.05) is 6.92 Å². The van der Waals surface area contributed by atoms with E-state index < -0.39 is 11.2 Å². The molecular formula is C14H25N5O2. The number of nitrogens with two attached hydrogens (primary N) is 1. The first-order chi connectivity index (χ1) is 10.1. The van der Waals surface area contributed by atoms with Gasteiger partial charge in [-0.25, -0.2) is 4.79 Å². The van der Waals surface area contributed by atoms with E-state index in [-0.39, 0.29) is 5.82 Å². The van der Waals surface area contributed by atoms with Gasteiger partial charge in [-0.15, -0.1) is 0 Å². The summed E-state index contributed by atoms with van der Waals surface area (Å²) >= 11 is 0. The van der Waals surface area contributed by atoms with Crippen molar-refractivity contribution in [3.8, 4) is 0 Å². The second kappa shape index (κ2) is 7.31. The van der Waals surface area contributed by atoms with Crippen molar-refractivity contribution in [3.63, 3.8) is 0 Å². The summed E-state index contributed by atoms with van der Waals surface area (Å²) in [4.78, 5) is 28.3. The average molecular weight is 295 g/mol. The van der Waals surface area contributed by atoms with Gasteiger partial charge in [-0.05, 0) is 45.3 Å². The molecule has 0 bridgehead atoms. The molecular weight excluding hydrogens is 270 g/mol. The minimum absolute atomic E-state index is 0.228. The molecule has 1 aliphatic heterocycles. The Hall–Kier alpha value is -1.76. The Balaban J connectivity index is 1.97. The van der Waals surface area contributed by atoms with Crippen LogP contribution in [-0.2, 0) is 6.54 Å². The lowest BCUT2D eigenvalue weighted by atomic mass is 10.3. The zero-order valence-corrected chi connectivity index (χ0v) is 12.7. The summed E-state index contributed by atoms with van der Waals surface area (Å²) in [5.41, 5.74) is 5.37. The Morgan fingerprint density at radius 3 is 2.62 bits per heavy atom. The maximum atomic E-state index is 11.8. The van der Waals surface area contributed by atoms with Crippen LogP contribution in [0.3, 0.4) is 0 Å². The van der Waals surface area contributed by atoms with Crippen LogP contribution in [-0.4, -0.2) is 40.6 Å². The molecule has 21 heavy (non-hydrogen) atoms. The molecule has 2 heterocycles. The van der Waals surface area contributed by atoms with E-state index in [1.165, 1.54) is 30.5 Å². The van der Waals surface area contributed by atoms with E-state index in [0.717, 1.165) is 19.4 Å². The molecule has 1 saturated heterocycles. The summed E-state index contributed by atoms with van der Waals surface area (Å²) in [6, 6.07) is 0. The zero-order chi connectivity index (χ0) is 15.2. The van der Waals surface area contributed by atoms with E-state index in [9.17, 15) is 9.59 Å². The van der Waals surface area contributed by atoms with Gasteiger partial charge in [-0.2, -0.15) is 0 Å². The Bertz CT molecular complexity index is 572. The topological polar surface area (TPSA) is 96.2 Å². The van der Waals surface area contributed by atoms with E-state index >= 15 is 0 Å². The van der Waals surface area contributed by atoms with Crippen molar-refractivity contribution in [3.05, 3.63) is 20.8 Å². The van der Waals surface area contributed by atoms with Gasteiger partial charge in [-0.3, -0.25) is 14.3 Å². The first kappa shape index (κ1) is 15.6. The fourth-order valence-corrected chi connectivity index (χ4v) is 2.73. The molecule has 0 atom stereocenters. The fourth-order valence-electron chi connectivity index (χ4n) is 2.73. The van der Waals surface area contributed by atoms with Gasteiger partial charge in [0.1, 0.15) is 11.5 Å². The SMILES string of the molecule is CCCn1c(N)c(NCCCN2CCCC2)c(=O)[nH]c1=O. The van der Waals surface area contributed by atoms with Crippen molar-refractivity contribution in [2.45, 2.75) is 39.2 Å². The van der Waals surface area contributed by atoms with Crippen molar-refractivity contribution in [1.82, 2.24) is 14.5 Å². The van der Waals surface area contributed by atoms with Crippen LogP contribution in [0.15, 0.2) is 9.59 Å². The molecule has 0 radical (unpaired) electrons. The second-order valence-corrected chi connectivity index (χ2v) is 5.50. The first-order valence-corrected chi connectivity index (χ1v) is 7.72. The molecule has 0 unspecified atom stereocenters. The first-order valence-electron chi connectivity index (χ1n) is 7.72. The highest BCUT2D eigenvalue weighted by molar-refractivity contribution is 5.60. The lowest BCUT2D eigenvalue weighted by molar-refractivity contribution is 0.337. The minimum atomic E-state index is -0.443. The molecule has 1 fully saturated rings. The molecule has 1 aromatic heterocycles. The summed E-state index contributed by atoms with van der Waals surface area (Å²) in [6.45, 7) is 6.51. The summed E-state index contributed by atoms with van der Waals surface area (Å²) < 4.78 is 1.41. The highest BCUT2D eigenvalue weighted by Crippen LogP contribution is 2.11. The van der Waals surface area contributed by atoms with Crippen LogP contribution in [0.2, 0.25) is 0 Å². The monoisotopic (exact) mass is 295 g/mol. The third kappa shape index (κ3) is 3.87. The third-order valence-electron chi connectivity index (χ3n) is 3.84. The van der Waals surface area contributed by atoms with Crippen LogP contribution < -0.4 is 22.3 Å². The van der Waals surface area contributed by atoms with Gasteiger partial charge < -0.3 is 16.0 Å². The van der Waals surface area contributed by atoms with Crippen LogP contribution in [0.5, 0.6) is 0 Å². The molecule has 1 aliphatic rings. The molecule has 1 aromatic rings. The average Bonchev–Trinajstić information content (AvgIpc) is 2.95. The van der Waals surface area contributed by atoms with E-state index in [2.05, 4.69) is 15.2 Å². The number of hydrogen-bond donors (Lipinski definition) is 3. The number of nitrogens with zero attached hydrogens (tertiary/aromatic N) is 2. The summed E-state index contributed by atoms with van der Waals surface area (Å²) in [5.74, 6) is 0.228. The van der Waals surface area contributed by atoms with Crippen molar-refractivity contribution in [2.75, 3.05) is 37.2 Å². The number of H-pyrrole nitrogens is 1. The van der Waals surface area contributed by atoms with Crippen molar-refractivity contribution in [2.24, 2.45) is 0 Å². The van der Waals surface area contributed by atoms with Gasteiger partial charge >= 0.3 is 5.69 Å². The lowest BCUT2D eigenvalue weighted by Crippen LogP contribution is -2.34. The molecule has 2 rings (SSSR count). The van der Waals surface area contributed by atoms with Gasteiger partial charge in [0.05, 0.1) is 0 Å². The molecule has 0 amide bonds. The number of aromatic amines is 1. The van der Waals surface area contributed by atoms with Gasteiger partial charge in [0.25, 0.3) is 5.56 Å². The number of hydrogen-bond acceptors (Lipinski definition) is 5. The number of anilines is 2. The second-order valence-electron chi connectivity index (χ2n) is 5.50. The number of rotatable bonds is 7. The highest BCUT2D eigenvalue weighted by atomic mass is 16.2. The van der Waals surface area contributed by atoms with Crippen molar-refractivity contribution in [1.29, 1.82) is 0 Å². The summed E-state index contributed by atoms with van der Waals surface area (Å²) in [6.07, 6.45) is 4.29. The van der Waals surface area contributed by atoms with Crippen LogP contribution >= 0.6 is 0 Å². The minimum Gasteiger partial charge on any atom is -0.383 e. The molecule has 0 saturated carbocycles. The van der Waals surface area contributed by atoms with Gasteiger partial charge in [0.15, 0.2) is 0 Å². The number of likely N-dealkylation sites (tertiary alicyclic amines) is 1. The summed E-state index contributed by atoms with van der Waals surface area (Å²) in [5, 5.41) is 3.08.